The van der Waals surface area contributed by atoms with Crippen molar-refractivity contribution in [2.45, 2.75) is 44.0 Å². The lowest BCUT2D eigenvalue weighted by Crippen LogP contribution is -2.37. The molecule has 110 valence electrons. The van der Waals surface area contributed by atoms with Crippen molar-refractivity contribution in [1.82, 2.24) is 15.1 Å². The highest BCUT2D eigenvalue weighted by Gasteiger charge is 2.42. The summed E-state index contributed by atoms with van der Waals surface area (Å²) in [5.74, 6) is -0.492. The van der Waals surface area contributed by atoms with Crippen molar-refractivity contribution < 1.29 is 14.3 Å². The molecule has 2 aliphatic rings. The van der Waals surface area contributed by atoms with E-state index < -0.39 is 0 Å². The van der Waals surface area contributed by atoms with Gasteiger partial charge in [0.25, 0.3) is 5.91 Å². The van der Waals surface area contributed by atoms with E-state index in [1.807, 2.05) is 0 Å². The molecule has 1 saturated heterocycles. The number of carbonyl (C=O) groups is 1. The van der Waals surface area contributed by atoms with Gasteiger partial charge in [-0.15, -0.1) is 0 Å². The van der Waals surface area contributed by atoms with Crippen LogP contribution in [0.15, 0.2) is 12.4 Å². The van der Waals surface area contributed by atoms with Gasteiger partial charge >= 0.3 is 0 Å². The Morgan fingerprint density at radius 1 is 1.50 bits per heavy atom. The number of ether oxygens (including phenoxy) is 2. The fourth-order valence-corrected chi connectivity index (χ4v) is 2.92. The lowest BCUT2D eigenvalue weighted by Gasteiger charge is -2.31. The molecule has 0 unspecified atom stereocenters. The number of nitrogens with one attached hydrogen (secondary N) is 1. The second kappa shape index (κ2) is 5.54. The summed E-state index contributed by atoms with van der Waals surface area (Å²) in [7, 11) is 1.79. The molecule has 1 aromatic heterocycles. The molecule has 0 aromatic carbocycles. The molecule has 20 heavy (non-hydrogen) atoms. The summed E-state index contributed by atoms with van der Waals surface area (Å²) in [4.78, 5) is 11.9. The van der Waals surface area contributed by atoms with Crippen LogP contribution < -0.4 is 5.32 Å². The maximum Gasteiger partial charge on any atom is 0.254 e. The Labute approximate surface area is 118 Å². The highest BCUT2D eigenvalue weighted by molar-refractivity contribution is 5.93. The van der Waals surface area contributed by atoms with Crippen molar-refractivity contribution in [2.75, 3.05) is 13.2 Å². The van der Waals surface area contributed by atoms with Gasteiger partial charge in [-0.2, -0.15) is 5.10 Å². The minimum Gasteiger partial charge on any atom is -0.349 e. The first-order valence-electron chi connectivity index (χ1n) is 7.25. The van der Waals surface area contributed by atoms with Crippen molar-refractivity contribution in [2.24, 2.45) is 7.05 Å². The van der Waals surface area contributed by atoms with E-state index >= 15 is 0 Å². The molecule has 1 atom stereocenters. The van der Waals surface area contributed by atoms with Crippen LogP contribution >= 0.6 is 0 Å². The average Bonchev–Trinajstić information content (AvgIpc) is 3.05. The monoisotopic (exact) mass is 279 g/mol. The van der Waals surface area contributed by atoms with Crippen molar-refractivity contribution in [3.63, 3.8) is 0 Å². The molecule has 1 aliphatic heterocycles. The standard InChI is InChI=1S/C14H21N3O3/c1-17-9-11(7-16-17)13(18)15-8-12-10-19-14(20-12)5-3-2-4-6-14/h7,9,12H,2-6,8,10H2,1H3,(H,15,18)/t12-/m0/s1. The Kier molecular flexibility index (Phi) is 3.76. The summed E-state index contributed by atoms with van der Waals surface area (Å²) in [5.41, 5.74) is 0.568. The van der Waals surface area contributed by atoms with E-state index in [4.69, 9.17) is 9.47 Å². The van der Waals surface area contributed by atoms with Crippen molar-refractivity contribution >= 4 is 5.91 Å². The zero-order valence-corrected chi connectivity index (χ0v) is 11.8. The second-order valence-corrected chi connectivity index (χ2v) is 5.63. The number of carbonyl (C=O) groups excluding carboxylic acids is 1. The number of amides is 1. The molecular weight excluding hydrogens is 258 g/mol. The number of hydrogen-bond acceptors (Lipinski definition) is 4. The zero-order valence-electron chi connectivity index (χ0n) is 11.8. The van der Waals surface area contributed by atoms with Crippen molar-refractivity contribution in [3.8, 4) is 0 Å². The molecule has 1 aliphatic carbocycles. The minimum atomic E-state index is -0.373. The van der Waals surface area contributed by atoms with Crippen LogP contribution in [0.3, 0.4) is 0 Å². The van der Waals surface area contributed by atoms with E-state index in [-0.39, 0.29) is 17.8 Å². The average molecular weight is 279 g/mol. The van der Waals surface area contributed by atoms with E-state index in [9.17, 15) is 4.79 Å². The smallest absolute Gasteiger partial charge is 0.254 e. The highest BCUT2D eigenvalue weighted by atomic mass is 16.7. The maximum absolute atomic E-state index is 11.9. The number of aryl methyl sites for hydroxylation is 1. The van der Waals surface area contributed by atoms with E-state index in [2.05, 4.69) is 10.4 Å². The first kappa shape index (κ1) is 13.6. The van der Waals surface area contributed by atoms with Gasteiger partial charge in [-0.25, -0.2) is 0 Å². The van der Waals surface area contributed by atoms with Crippen LogP contribution in [0, 0.1) is 0 Å². The molecule has 3 rings (SSSR count). The molecule has 2 heterocycles. The molecule has 6 heteroatoms. The summed E-state index contributed by atoms with van der Waals surface area (Å²) in [6, 6.07) is 0. The van der Waals surface area contributed by atoms with Crippen LogP contribution in [0.1, 0.15) is 42.5 Å². The molecular formula is C14H21N3O3. The van der Waals surface area contributed by atoms with Gasteiger partial charge in [-0.3, -0.25) is 9.48 Å². The van der Waals surface area contributed by atoms with Crippen LogP contribution in [0.25, 0.3) is 0 Å². The quantitative estimate of drug-likeness (QED) is 0.903. The third-order valence-electron chi connectivity index (χ3n) is 3.99. The van der Waals surface area contributed by atoms with Crippen molar-refractivity contribution in [1.29, 1.82) is 0 Å². The normalized spacial score (nSPS) is 24.9. The second-order valence-electron chi connectivity index (χ2n) is 5.63. The number of rotatable bonds is 3. The molecule has 1 saturated carbocycles. The summed E-state index contributed by atoms with van der Waals surface area (Å²) >= 11 is 0. The Morgan fingerprint density at radius 3 is 3.00 bits per heavy atom. The summed E-state index contributed by atoms with van der Waals surface area (Å²) in [6.45, 7) is 1.04. The van der Waals surface area contributed by atoms with E-state index in [1.165, 1.54) is 6.42 Å². The maximum atomic E-state index is 11.9. The Hall–Kier alpha value is -1.40. The Morgan fingerprint density at radius 2 is 2.30 bits per heavy atom. The summed E-state index contributed by atoms with van der Waals surface area (Å²) < 4.78 is 13.5. The molecule has 1 spiro atoms. The van der Waals surface area contributed by atoms with Gasteiger partial charge in [-0.05, 0) is 12.8 Å². The first-order valence-corrected chi connectivity index (χ1v) is 7.25. The van der Waals surface area contributed by atoms with E-state index in [1.54, 1.807) is 24.1 Å². The number of hydrogen-bond donors (Lipinski definition) is 1. The van der Waals surface area contributed by atoms with E-state index in [0.717, 1.165) is 25.7 Å². The summed E-state index contributed by atoms with van der Waals surface area (Å²) in [6.07, 6.45) is 8.74. The lowest BCUT2D eigenvalue weighted by atomic mass is 9.94. The molecule has 0 bridgehead atoms. The molecule has 6 nitrogen and oxygen atoms in total. The van der Waals surface area contributed by atoms with Crippen LogP contribution in [0.4, 0.5) is 0 Å². The summed E-state index contributed by atoms with van der Waals surface area (Å²) in [5, 5.41) is 6.86. The molecule has 1 aromatic rings. The fourth-order valence-electron chi connectivity index (χ4n) is 2.92. The van der Waals surface area contributed by atoms with Gasteiger partial charge in [0.15, 0.2) is 5.79 Å². The SMILES string of the molecule is Cn1cc(C(=O)NC[C@H]2COC3(CCCCC3)O2)cn1. The predicted molar refractivity (Wildman–Crippen MR) is 72.2 cm³/mol. The minimum absolute atomic E-state index is 0.0475. The van der Waals surface area contributed by atoms with Crippen LogP contribution in [-0.4, -0.2) is 40.7 Å². The van der Waals surface area contributed by atoms with Crippen LogP contribution in [-0.2, 0) is 16.5 Å². The van der Waals surface area contributed by atoms with Gasteiger partial charge in [0.1, 0.15) is 6.10 Å². The zero-order chi connectivity index (χ0) is 14.0. The van der Waals surface area contributed by atoms with Gasteiger partial charge < -0.3 is 14.8 Å². The van der Waals surface area contributed by atoms with Gasteiger partial charge in [-0.1, -0.05) is 6.42 Å². The molecule has 2 fully saturated rings. The largest absolute Gasteiger partial charge is 0.349 e. The molecule has 0 radical (unpaired) electrons. The first-order chi connectivity index (χ1) is 9.67. The van der Waals surface area contributed by atoms with Crippen LogP contribution in [0.2, 0.25) is 0 Å². The Balaban J connectivity index is 1.49. The topological polar surface area (TPSA) is 65.4 Å². The predicted octanol–water partition coefficient (Wildman–Crippen LogP) is 1.23. The van der Waals surface area contributed by atoms with Gasteiger partial charge in [0.05, 0.1) is 18.4 Å². The molecule has 1 N–H and O–H groups in total. The van der Waals surface area contributed by atoms with Gasteiger partial charge in [0.2, 0.25) is 0 Å². The lowest BCUT2D eigenvalue weighted by molar-refractivity contribution is -0.186. The molecule has 1 amide bonds. The van der Waals surface area contributed by atoms with Crippen LogP contribution in [0.5, 0.6) is 0 Å². The number of aromatic nitrogens is 2. The third-order valence-corrected chi connectivity index (χ3v) is 3.99. The van der Waals surface area contributed by atoms with E-state index in [0.29, 0.717) is 18.7 Å². The highest BCUT2D eigenvalue weighted by Crippen LogP contribution is 2.37. The number of nitrogens with zero attached hydrogens (tertiary/aromatic N) is 2. The Bertz CT molecular complexity index is 480. The van der Waals surface area contributed by atoms with Gasteiger partial charge in [0, 0.05) is 32.6 Å². The van der Waals surface area contributed by atoms with Crippen molar-refractivity contribution in [3.05, 3.63) is 18.0 Å². The fraction of sp³-hybridized carbons (Fsp3) is 0.714. The third kappa shape index (κ3) is 2.86.